The molecule has 0 unspecified atom stereocenters. The van der Waals surface area contributed by atoms with E-state index in [0.29, 0.717) is 37.2 Å². The lowest BCUT2D eigenvalue weighted by molar-refractivity contribution is -0.144. The molecule has 2 aliphatic rings. The number of hydrogen-bond donors (Lipinski definition) is 3. The largest absolute Gasteiger partial charge is 0.465 e. The van der Waals surface area contributed by atoms with E-state index in [0.717, 1.165) is 16.5 Å². The van der Waals surface area contributed by atoms with Gasteiger partial charge in [-0.15, -0.1) is 0 Å². The molecule has 3 heterocycles. The Balaban J connectivity index is 1.43. The number of para-hydroxylation sites is 2. The lowest BCUT2D eigenvalue weighted by atomic mass is 9.74. The number of aromatic nitrogens is 1. The summed E-state index contributed by atoms with van der Waals surface area (Å²) in [6.07, 6.45) is 2.75. The number of piperidine rings is 1. The molecule has 230 valence electrons. The van der Waals surface area contributed by atoms with Crippen molar-refractivity contribution in [2.45, 2.75) is 57.0 Å². The lowest BCUT2D eigenvalue weighted by Gasteiger charge is -2.43. The molecule has 0 bridgehead atoms. The van der Waals surface area contributed by atoms with E-state index < -0.39 is 44.1 Å². The number of H-pyrrole nitrogens is 1. The highest BCUT2D eigenvalue weighted by Crippen LogP contribution is 2.48. The smallest absolute Gasteiger partial charge is 0.323 e. The van der Waals surface area contributed by atoms with Gasteiger partial charge in [0.15, 0.2) is 5.75 Å². The number of amides is 2. The van der Waals surface area contributed by atoms with Crippen molar-refractivity contribution in [3.05, 3.63) is 65.9 Å². The summed E-state index contributed by atoms with van der Waals surface area (Å²) in [4.78, 5) is 44.6. The molecule has 2 aliphatic heterocycles. The fraction of sp³-hybridized carbons (Fsp3) is 0.452. The molecule has 1 saturated heterocycles. The van der Waals surface area contributed by atoms with Gasteiger partial charge in [-0.3, -0.25) is 18.7 Å². The van der Waals surface area contributed by atoms with E-state index in [1.54, 1.807) is 50.9 Å². The Morgan fingerprint density at radius 2 is 1.70 bits per heavy atom. The first kappa shape index (κ1) is 30.6. The molecule has 1 fully saturated rings. The van der Waals surface area contributed by atoms with Crippen molar-refractivity contribution in [2.24, 2.45) is 5.73 Å². The van der Waals surface area contributed by atoms with Crippen molar-refractivity contribution in [3.63, 3.8) is 0 Å². The Labute approximate surface area is 251 Å². The molecule has 1 aromatic heterocycles. The number of ether oxygens (including phenoxy) is 1. The summed E-state index contributed by atoms with van der Waals surface area (Å²) in [6.45, 7) is 7.47. The van der Waals surface area contributed by atoms with E-state index in [4.69, 9.17) is 10.5 Å². The van der Waals surface area contributed by atoms with E-state index in [9.17, 15) is 22.8 Å². The van der Waals surface area contributed by atoms with Gasteiger partial charge in [-0.25, -0.2) is 8.42 Å². The standard InChI is InChI=1S/C31H39N5O6S/c1-5-42-26(37)19-43(40,41)36-20-31(22-11-7-9-13-25(22)36)14-16-35(17-15-31)28(39)30(4,34-27(38)29(2,3)32)23-18-33-24-12-8-6-10-21(23)24/h6-13,18,33H,5,14-17,19-20,32H2,1-4H3,(H,34,38)/t30-/m1/s1. The number of rotatable bonds is 8. The van der Waals surface area contributed by atoms with Gasteiger partial charge < -0.3 is 25.7 Å². The second-order valence-electron chi connectivity index (χ2n) is 12.2. The fourth-order valence-corrected chi connectivity index (χ4v) is 7.69. The first-order valence-electron chi connectivity index (χ1n) is 14.4. The van der Waals surface area contributed by atoms with Crippen molar-refractivity contribution in [2.75, 3.05) is 36.3 Å². The quantitative estimate of drug-likeness (QED) is 0.332. The Morgan fingerprint density at radius 1 is 1.05 bits per heavy atom. The van der Waals surface area contributed by atoms with Crippen LogP contribution in [0, 0.1) is 0 Å². The van der Waals surface area contributed by atoms with E-state index in [2.05, 4.69) is 10.3 Å². The molecule has 4 N–H and O–H groups in total. The highest BCUT2D eigenvalue weighted by atomic mass is 32.2. The third-order valence-corrected chi connectivity index (χ3v) is 10.2. The van der Waals surface area contributed by atoms with Gasteiger partial charge in [-0.1, -0.05) is 36.4 Å². The number of hydrogen-bond acceptors (Lipinski definition) is 7. The molecular weight excluding hydrogens is 570 g/mol. The van der Waals surface area contributed by atoms with Crippen LogP contribution < -0.4 is 15.4 Å². The summed E-state index contributed by atoms with van der Waals surface area (Å²) in [7, 11) is -3.99. The van der Waals surface area contributed by atoms with Crippen molar-refractivity contribution < 1.29 is 27.5 Å². The van der Waals surface area contributed by atoms with E-state index in [-0.39, 0.29) is 19.1 Å². The van der Waals surface area contributed by atoms with Gasteiger partial charge in [0, 0.05) is 47.7 Å². The maximum absolute atomic E-state index is 14.4. The molecule has 0 saturated carbocycles. The fourth-order valence-electron chi connectivity index (χ4n) is 6.25. The van der Waals surface area contributed by atoms with Gasteiger partial charge in [0.1, 0.15) is 5.54 Å². The second kappa shape index (κ2) is 11.0. The summed E-state index contributed by atoms with van der Waals surface area (Å²) in [5, 5.41) is 3.76. The van der Waals surface area contributed by atoms with Gasteiger partial charge in [-0.05, 0) is 58.2 Å². The second-order valence-corrected chi connectivity index (χ2v) is 14.1. The molecule has 1 spiro atoms. The zero-order chi connectivity index (χ0) is 31.2. The summed E-state index contributed by atoms with van der Waals surface area (Å²) in [5.74, 6) is -2.27. The molecule has 1 atom stereocenters. The third-order valence-electron chi connectivity index (χ3n) is 8.64. The van der Waals surface area contributed by atoms with Gasteiger partial charge >= 0.3 is 5.97 Å². The Bertz CT molecular complexity index is 1670. The van der Waals surface area contributed by atoms with Crippen LogP contribution in [0.5, 0.6) is 0 Å². The van der Waals surface area contributed by atoms with Crippen LogP contribution in [0.4, 0.5) is 5.69 Å². The third kappa shape index (κ3) is 5.49. The predicted molar refractivity (Wildman–Crippen MR) is 164 cm³/mol. The number of anilines is 1. The van der Waals surface area contributed by atoms with E-state index in [1.807, 2.05) is 36.4 Å². The first-order valence-corrected chi connectivity index (χ1v) is 16.1. The van der Waals surface area contributed by atoms with Gasteiger partial charge in [0.25, 0.3) is 5.91 Å². The topological polar surface area (TPSA) is 155 Å². The maximum atomic E-state index is 14.4. The van der Waals surface area contributed by atoms with Crippen molar-refractivity contribution in [1.29, 1.82) is 0 Å². The molecule has 0 aliphatic carbocycles. The highest BCUT2D eigenvalue weighted by Gasteiger charge is 2.51. The molecule has 2 amide bonds. The number of fused-ring (bicyclic) bond motifs is 3. The van der Waals surface area contributed by atoms with Crippen molar-refractivity contribution >= 4 is 44.4 Å². The van der Waals surface area contributed by atoms with E-state index >= 15 is 0 Å². The van der Waals surface area contributed by atoms with Crippen LogP contribution in [0.25, 0.3) is 10.9 Å². The number of carbonyl (C=O) groups is 3. The number of sulfonamides is 1. The van der Waals surface area contributed by atoms with Crippen LogP contribution in [0.15, 0.2) is 54.7 Å². The predicted octanol–water partition coefficient (Wildman–Crippen LogP) is 2.51. The average Bonchev–Trinajstić information content (AvgIpc) is 3.53. The van der Waals surface area contributed by atoms with Gasteiger partial charge in [0.2, 0.25) is 15.9 Å². The highest BCUT2D eigenvalue weighted by molar-refractivity contribution is 7.93. The summed E-state index contributed by atoms with van der Waals surface area (Å²) < 4.78 is 32.9. The number of nitrogens with two attached hydrogens (primary N) is 1. The number of nitrogens with zero attached hydrogens (tertiary/aromatic N) is 2. The van der Waals surface area contributed by atoms with Crippen LogP contribution in [-0.4, -0.2) is 73.6 Å². The molecule has 5 rings (SSSR count). The molecule has 12 heteroatoms. The minimum absolute atomic E-state index is 0.0967. The van der Waals surface area contributed by atoms with Crippen molar-refractivity contribution in [1.82, 2.24) is 15.2 Å². The maximum Gasteiger partial charge on any atom is 0.323 e. The Hall–Kier alpha value is -3.90. The minimum Gasteiger partial charge on any atom is -0.465 e. The Kier molecular flexibility index (Phi) is 7.80. The van der Waals surface area contributed by atoms with E-state index in [1.165, 1.54) is 4.31 Å². The zero-order valence-corrected chi connectivity index (χ0v) is 25.8. The molecule has 3 aromatic rings. The number of likely N-dealkylation sites (tertiary alicyclic amines) is 1. The zero-order valence-electron chi connectivity index (χ0n) is 25.0. The summed E-state index contributed by atoms with van der Waals surface area (Å²) >= 11 is 0. The Morgan fingerprint density at radius 3 is 2.37 bits per heavy atom. The minimum atomic E-state index is -3.99. The normalized spacial score (nSPS) is 17.9. The summed E-state index contributed by atoms with van der Waals surface area (Å²) in [5.41, 5.74) is 5.85. The average molecular weight is 610 g/mol. The molecule has 2 aromatic carbocycles. The molecule has 11 nitrogen and oxygen atoms in total. The van der Waals surface area contributed by atoms with Crippen LogP contribution in [-0.2, 0) is 40.1 Å². The number of benzene rings is 2. The lowest BCUT2D eigenvalue weighted by Crippen LogP contribution is -2.62. The monoisotopic (exact) mass is 609 g/mol. The SMILES string of the molecule is CCOC(=O)CS(=O)(=O)N1CC2(CCN(C(=O)[C@](C)(NC(=O)C(C)(C)N)c3c[nH]c4ccccc34)CC2)c2ccccc21. The van der Waals surface area contributed by atoms with Crippen LogP contribution >= 0.6 is 0 Å². The van der Waals surface area contributed by atoms with Crippen LogP contribution in [0.3, 0.4) is 0 Å². The van der Waals surface area contributed by atoms with Crippen LogP contribution in [0.2, 0.25) is 0 Å². The number of aromatic amines is 1. The molecular formula is C31H39N5O6S. The summed E-state index contributed by atoms with van der Waals surface area (Å²) in [6, 6.07) is 14.9. The molecule has 0 radical (unpaired) electrons. The number of esters is 1. The van der Waals surface area contributed by atoms with Crippen LogP contribution in [0.1, 0.15) is 51.7 Å². The number of carbonyl (C=O) groups excluding carboxylic acids is 3. The van der Waals surface area contributed by atoms with Crippen molar-refractivity contribution in [3.8, 4) is 0 Å². The number of nitrogens with one attached hydrogen (secondary N) is 2. The van der Waals surface area contributed by atoms with Gasteiger partial charge in [0.05, 0.1) is 17.8 Å². The van der Waals surface area contributed by atoms with Gasteiger partial charge in [-0.2, -0.15) is 0 Å². The molecule has 43 heavy (non-hydrogen) atoms. The first-order chi connectivity index (χ1) is 20.2.